The molecular formula is C33H34N2O5S2. The van der Waals surface area contributed by atoms with Gasteiger partial charge in [0, 0.05) is 39.8 Å². The predicted octanol–water partition coefficient (Wildman–Crippen LogP) is 8.03. The fraction of sp³-hybridized carbons (Fsp3) is 0.273. The van der Waals surface area contributed by atoms with E-state index in [9.17, 15) is 0 Å². The van der Waals surface area contributed by atoms with Gasteiger partial charge in [-0.2, -0.15) is 0 Å². The minimum Gasteiger partial charge on any atom is -0.497 e. The number of hydrogen-bond donors (Lipinski definition) is 0. The summed E-state index contributed by atoms with van der Waals surface area (Å²) in [6.45, 7) is 5.31. The Balaban J connectivity index is 1.11. The van der Waals surface area contributed by atoms with Crippen molar-refractivity contribution < 1.29 is 23.7 Å². The molecule has 4 aromatic carbocycles. The standard InChI is InChI=1S/C33H34N2O5S2/c1-5-34-26-10-6-22(37-3)18-30(26)41-32-20-24(8-12-27(32)34)39-16-17-40-25-9-13-29-33(21-25)42-31-19-23(38-4)7-11-28(31)35(29)14-15-36-2/h6-13,18-21H,5,14-17H2,1-4H3. The zero-order valence-corrected chi connectivity index (χ0v) is 25.8. The van der Waals surface area contributed by atoms with Gasteiger partial charge < -0.3 is 33.5 Å². The highest BCUT2D eigenvalue weighted by Crippen LogP contribution is 2.51. The van der Waals surface area contributed by atoms with Crippen LogP contribution in [0.15, 0.2) is 92.4 Å². The van der Waals surface area contributed by atoms with Crippen LogP contribution in [-0.4, -0.2) is 54.2 Å². The van der Waals surface area contributed by atoms with Gasteiger partial charge in [-0.05, 0) is 79.7 Å². The minimum absolute atomic E-state index is 0.437. The Morgan fingerprint density at radius 1 is 0.524 bits per heavy atom. The molecule has 0 saturated heterocycles. The van der Waals surface area contributed by atoms with Crippen LogP contribution in [0.2, 0.25) is 0 Å². The van der Waals surface area contributed by atoms with Crippen LogP contribution in [0.5, 0.6) is 23.0 Å². The first-order valence-corrected chi connectivity index (χ1v) is 15.5. The fourth-order valence-electron chi connectivity index (χ4n) is 5.21. The van der Waals surface area contributed by atoms with Crippen molar-refractivity contribution in [3.05, 3.63) is 72.8 Å². The van der Waals surface area contributed by atoms with E-state index in [0.717, 1.165) is 62.1 Å². The predicted molar refractivity (Wildman–Crippen MR) is 170 cm³/mol. The highest BCUT2D eigenvalue weighted by molar-refractivity contribution is 8.00. The van der Waals surface area contributed by atoms with Crippen molar-refractivity contribution in [2.24, 2.45) is 0 Å². The van der Waals surface area contributed by atoms with Crippen LogP contribution < -0.4 is 28.7 Å². The molecule has 0 radical (unpaired) electrons. The lowest BCUT2D eigenvalue weighted by Crippen LogP contribution is -2.24. The molecule has 0 amide bonds. The first-order valence-electron chi connectivity index (χ1n) is 13.9. The van der Waals surface area contributed by atoms with Gasteiger partial charge in [0.05, 0.1) is 43.6 Å². The van der Waals surface area contributed by atoms with E-state index < -0.39 is 0 Å². The van der Waals surface area contributed by atoms with E-state index in [1.807, 2.05) is 24.3 Å². The lowest BCUT2D eigenvalue weighted by Gasteiger charge is -2.33. The SMILES string of the molecule is CCN1c2ccc(OC)cc2Sc2cc(OCCOc3ccc4c(c3)Sc3cc(OC)ccc3N4CCOC)ccc21. The summed E-state index contributed by atoms with van der Waals surface area (Å²) in [5, 5.41) is 0. The molecule has 0 fully saturated rings. The minimum atomic E-state index is 0.437. The maximum absolute atomic E-state index is 6.13. The van der Waals surface area contributed by atoms with Crippen LogP contribution in [0.4, 0.5) is 22.7 Å². The number of ether oxygens (including phenoxy) is 5. The van der Waals surface area contributed by atoms with Crippen LogP contribution in [0.1, 0.15) is 6.92 Å². The van der Waals surface area contributed by atoms with Gasteiger partial charge in [-0.3, -0.25) is 0 Å². The number of rotatable bonds is 11. The molecule has 0 aliphatic carbocycles. The lowest BCUT2D eigenvalue weighted by molar-refractivity contribution is 0.207. The average molecular weight is 603 g/mol. The molecule has 0 saturated carbocycles. The first kappa shape index (κ1) is 28.5. The van der Waals surface area contributed by atoms with E-state index in [1.54, 1.807) is 44.9 Å². The van der Waals surface area contributed by atoms with Gasteiger partial charge >= 0.3 is 0 Å². The number of methoxy groups -OCH3 is 3. The second-order valence-corrected chi connectivity index (χ2v) is 11.9. The Morgan fingerprint density at radius 3 is 1.33 bits per heavy atom. The van der Waals surface area contributed by atoms with Gasteiger partial charge in [0.1, 0.15) is 36.2 Å². The molecule has 42 heavy (non-hydrogen) atoms. The van der Waals surface area contributed by atoms with E-state index >= 15 is 0 Å². The zero-order chi connectivity index (χ0) is 29.1. The quantitative estimate of drug-likeness (QED) is 0.159. The third kappa shape index (κ3) is 5.69. The van der Waals surface area contributed by atoms with Crippen molar-refractivity contribution in [3.63, 3.8) is 0 Å². The van der Waals surface area contributed by atoms with Crippen LogP contribution in [-0.2, 0) is 4.74 Å². The zero-order valence-electron chi connectivity index (χ0n) is 24.2. The summed E-state index contributed by atoms with van der Waals surface area (Å²) in [4.78, 5) is 9.24. The molecule has 0 bridgehead atoms. The van der Waals surface area contributed by atoms with Crippen molar-refractivity contribution in [2.75, 3.05) is 64.0 Å². The van der Waals surface area contributed by atoms with Gasteiger partial charge in [-0.15, -0.1) is 0 Å². The fourth-order valence-corrected chi connectivity index (χ4v) is 7.52. The van der Waals surface area contributed by atoms with Gasteiger partial charge in [-0.1, -0.05) is 23.5 Å². The summed E-state index contributed by atoms with van der Waals surface area (Å²) in [5.74, 6) is 3.34. The molecule has 6 rings (SSSR count). The number of fused-ring (bicyclic) bond motifs is 4. The van der Waals surface area contributed by atoms with Crippen LogP contribution in [0, 0.1) is 0 Å². The third-order valence-corrected chi connectivity index (χ3v) is 9.44. The molecule has 0 atom stereocenters. The van der Waals surface area contributed by atoms with E-state index in [0.29, 0.717) is 19.8 Å². The normalized spacial score (nSPS) is 13.0. The average Bonchev–Trinajstić information content (AvgIpc) is 3.03. The van der Waals surface area contributed by atoms with Crippen molar-refractivity contribution in [1.29, 1.82) is 0 Å². The largest absolute Gasteiger partial charge is 0.497 e. The summed E-state index contributed by atoms with van der Waals surface area (Å²) in [6, 6.07) is 24.9. The van der Waals surface area contributed by atoms with Gasteiger partial charge in [0.2, 0.25) is 0 Å². The molecule has 4 aromatic rings. The van der Waals surface area contributed by atoms with Crippen molar-refractivity contribution in [2.45, 2.75) is 26.5 Å². The molecule has 0 N–H and O–H groups in total. The molecule has 0 unspecified atom stereocenters. The Morgan fingerprint density at radius 2 is 0.929 bits per heavy atom. The highest BCUT2D eigenvalue weighted by atomic mass is 32.2. The van der Waals surface area contributed by atoms with Gasteiger partial charge in [-0.25, -0.2) is 0 Å². The second kappa shape index (κ2) is 12.7. The second-order valence-electron chi connectivity index (χ2n) is 9.72. The Hall–Kier alpha value is -3.66. The molecule has 0 aromatic heterocycles. The van der Waals surface area contributed by atoms with E-state index in [-0.39, 0.29) is 0 Å². The van der Waals surface area contributed by atoms with E-state index in [1.165, 1.54) is 16.3 Å². The summed E-state index contributed by atoms with van der Waals surface area (Å²) in [7, 11) is 5.12. The first-order chi connectivity index (χ1) is 20.6. The molecule has 2 heterocycles. The topological polar surface area (TPSA) is 52.6 Å². The third-order valence-electron chi connectivity index (χ3n) is 7.26. The van der Waals surface area contributed by atoms with Crippen LogP contribution >= 0.6 is 23.5 Å². The smallest absolute Gasteiger partial charge is 0.122 e. The maximum atomic E-state index is 6.13. The number of hydrogen-bond acceptors (Lipinski definition) is 9. The van der Waals surface area contributed by atoms with E-state index in [4.69, 9.17) is 23.7 Å². The molecule has 0 spiro atoms. The van der Waals surface area contributed by atoms with Gasteiger partial charge in [0.25, 0.3) is 0 Å². The number of anilines is 4. The summed E-state index contributed by atoms with van der Waals surface area (Å²) >= 11 is 3.47. The number of benzene rings is 4. The summed E-state index contributed by atoms with van der Waals surface area (Å²) < 4.78 is 28.6. The molecule has 218 valence electrons. The molecule has 7 nitrogen and oxygen atoms in total. The molecule has 2 aliphatic heterocycles. The van der Waals surface area contributed by atoms with E-state index in [2.05, 4.69) is 65.3 Å². The molecule has 9 heteroatoms. The maximum Gasteiger partial charge on any atom is 0.122 e. The molecule has 2 aliphatic rings. The van der Waals surface area contributed by atoms with Crippen molar-refractivity contribution in [1.82, 2.24) is 0 Å². The Bertz CT molecular complexity index is 1580. The monoisotopic (exact) mass is 602 g/mol. The summed E-state index contributed by atoms with van der Waals surface area (Å²) in [5.41, 5.74) is 4.69. The number of nitrogens with zero attached hydrogens (tertiary/aromatic N) is 2. The lowest BCUT2D eigenvalue weighted by atomic mass is 10.2. The Labute approximate surface area is 255 Å². The molecular weight excluding hydrogens is 569 g/mol. The van der Waals surface area contributed by atoms with Crippen LogP contribution in [0.3, 0.4) is 0 Å². The summed E-state index contributed by atoms with van der Waals surface area (Å²) in [6.07, 6.45) is 0. The van der Waals surface area contributed by atoms with Crippen molar-refractivity contribution >= 4 is 46.3 Å². The van der Waals surface area contributed by atoms with Gasteiger partial charge in [0.15, 0.2) is 0 Å². The Kier molecular flexibility index (Phi) is 8.60. The van der Waals surface area contributed by atoms with Crippen molar-refractivity contribution in [3.8, 4) is 23.0 Å². The van der Waals surface area contributed by atoms with Crippen LogP contribution in [0.25, 0.3) is 0 Å². The highest BCUT2D eigenvalue weighted by Gasteiger charge is 2.25.